The molecule has 0 amide bonds. The van der Waals surface area contributed by atoms with Crippen molar-refractivity contribution in [1.82, 2.24) is 9.38 Å². The fourth-order valence-electron chi connectivity index (χ4n) is 2.73. The zero-order valence-corrected chi connectivity index (χ0v) is 12.0. The third-order valence-corrected chi connectivity index (χ3v) is 4.43. The van der Waals surface area contributed by atoms with Crippen LogP contribution in [0.2, 0.25) is 0 Å². The number of thiazole rings is 1. The first kappa shape index (κ1) is 12.9. The number of aromatic nitrogens is 2. The molecule has 2 aromatic heterocycles. The predicted octanol–water partition coefficient (Wildman–Crippen LogP) is 1.86. The molecule has 1 aliphatic heterocycles. The summed E-state index contributed by atoms with van der Waals surface area (Å²) in [5.41, 5.74) is 7.01. The molecule has 2 aromatic rings. The van der Waals surface area contributed by atoms with Gasteiger partial charge < -0.3 is 15.4 Å². The summed E-state index contributed by atoms with van der Waals surface area (Å²) >= 11 is 1.66. The smallest absolute Gasteiger partial charge is 0.195 e. The van der Waals surface area contributed by atoms with Crippen LogP contribution in [0, 0.1) is 0 Å². The highest BCUT2D eigenvalue weighted by Crippen LogP contribution is 2.27. The van der Waals surface area contributed by atoms with Crippen molar-refractivity contribution in [2.45, 2.75) is 32.4 Å². The minimum Gasteiger partial charge on any atom is -0.378 e. The Balaban J connectivity index is 1.79. The van der Waals surface area contributed by atoms with Crippen molar-refractivity contribution in [3.63, 3.8) is 0 Å². The van der Waals surface area contributed by atoms with Crippen LogP contribution in [-0.4, -0.2) is 35.2 Å². The van der Waals surface area contributed by atoms with Crippen molar-refractivity contribution in [2.24, 2.45) is 5.73 Å². The zero-order chi connectivity index (χ0) is 13.2. The lowest BCUT2D eigenvalue weighted by Gasteiger charge is -2.32. The molecular weight excluding hydrogens is 260 g/mol. The highest BCUT2D eigenvalue weighted by Gasteiger charge is 2.24. The number of hydrogen-bond acceptors (Lipinski definition) is 5. The molecule has 0 radical (unpaired) electrons. The average Bonchev–Trinajstić information content (AvgIpc) is 3.00. The highest BCUT2D eigenvalue weighted by molar-refractivity contribution is 7.15. The van der Waals surface area contributed by atoms with Gasteiger partial charge in [0.05, 0.1) is 11.8 Å². The molecular formula is C13H20N4OS. The van der Waals surface area contributed by atoms with E-state index in [0.717, 1.165) is 49.0 Å². The van der Waals surface area contributed by atoms with E-state index in [-0.39, 0.29) is 0 Å². The van der Waals surface area contributed by atoms with E-state index < -0.39 is 0 Å². The first-order valence-electron chi connectivity index (χ1n) is 6.84. The fourth-order valence-corrected chi connectivity index (χ4v) is 3.46. The van der Waals surface area contributed by atoms with Crippen LogP contribution in [0.4, 0.5) is 5.82 Å². The Morgan fingerprint density at radius 1 is 1.47 bits per heavy atom. The predicted molar refractivity (Wildman–Crippen MR) is 77.8 cm³/mol. The molecule has 104 valence electrons. The van der Waals surface area contributed by atoms with E-state index in [1.54, 1.807) is 11.3 Å². The summed E-state index contributed by atoms with van der Waals surface area (Å²) in [5, 5.41) is 2.05. The van der Waals surface area contributed by atoms with Gasteiger partial charge in [-0.25, -0.2) is 4.98 Å². The maximum Gasteiger partial charge on any atom is 0.195 e. The average molecular weight is 280 g/mol. The SMILES string of the molecule is CCOC1CCN(c2nc3sccn3c2CN)CC1. The standard InChI is InChI=1S/C13H20N4OS/c1-2-18-10-3-5-16(6-4-10)12-11(9-14)17-7-8-19-13(17)15-12/h7-8,10H,2-6,9,14H2,1H3. The molecule has 1 fully saturated rings. The van der Waals surface area contributed by atoms with E-state index in [9.17, 15) is 0 Å². The molecule has 3 heterocycles. The lowest BCUT2D eigenvalue weighted by Crippen LogP contribution is -2.37. The van der Waals surface area contributed by atoms with Crippen molar-refractivity contribution in [1.29, 1.82) is 0 Å². The Hall–Kier alpha value is -1.11. The lowest BCUT2D eigenvalue weighted by atomic mass is 10.1. The molecule has 0 atom stereocenters. The van der Waals surface area contributed by atoms with E-state index in [4.69, 9.17) is 15.5 Å². The van der Waals surface area contributed by atoms with Gasteiger partial charge in [0.2, 0.25) is 0 Å². The van der Waals surface area contributed by atoms with Gasteiger partial charge in [-0.05, 0) is 19.8 Å². The molecule has 1 saturated heterocycles. The van der Waals surface area contributed by atoms with Gasteiger partial charge in [0.15, 0.2) is 10.8 Å². The molecule has 0 bridgehead atoms. The van der Waals surface area contributed by atoms with E-state index in [2.05, 4.69) is 16.2 Å². The van der Waals surface area contributed by atoms with Crippen LogP contribution >= 0.6 is 11.3 Å². The van der Waals surface area contributed by atoms with Crippen molar-refractivity contribution < 1.29 is 4.74 Å². The van der Waals surface area contributed by atoms with Crippen LogP contribution in [0.15, 0.2) is 11.6 Å². The number of nitrogens with zero attached hydrogens (tertiary/aromatic N) is 3. The summed E-state index contributed by atoms with van der Waals surface area (Å²) < 4.78 is 7.80. The lowest BCUT2D eigenvalue weighted by molar-refractivity contribution is 0.0458. The molecule has 3 rings (SSSR count). The van der Waals surface area contributed by atoms with Crippen LogP contribution < -0.4 is 10.6 Å². The number of piperidine rings is 1. The third-order valence-electron chi connectivity index (χ3n) is 3.68. The summed E-state index contributed by atoms with van der Waals surface area (Å²) in [6.45, 7) is 5.39. The minimum atomic E-state index is 0.409. The summed E-state index contributed by atoms with van der Waals surface area (Å²) in [6, 6.07) is 0. The number of rotatable bonds is 4. The van der Waals surface area contributed by atoms with Gasteiger partial charge in [0, 0.05) is 37.8 Å². The molecule has 0 spiro atoms. The largest absolute Gasteiger partial charge is 0.378 e. The second-order valence-corrected chi connectivity index (χ2v) is 5.66. The van der Waals surface area contributed by atoms with Gasteiger partial charge in [-0.15, -0.1) is 11.3 Å². The molecule has 0 aliphatic carbocycles. The molecule has 5 nitrogen and oxygen atoms in total. The van der Waals surface area contributed by atoms with Crippen molar-refractivity contribution in [3.8, 4) is 0 Å². The minimum absolute atomic E-state index is 0.409. The quantitative estimate of drug-likeness (QED) is 0.929. The zero-order valence-electron chi connectivity index (χ0n) is 11.2. The second kappa shape index (κ2) is 5.48. The van der Waals surface area contributed by atoms with Gasteiger partial charge >= 0.3 is 0 Å². The van der Waals surface area contributed by atoms with Crippen LogP contribution in [-0.2, 0) is 11.3 Å². The second-order valence-electron chi connectivity index (χ2n) is 4.78. The number of imidazole rings is 1. The molecule has 6 heteroatoms. The van der Waals surface area contributed by atoms with Crippen molar-refractivity contribution in [3.05, 3.63) is 17.3 Å². The van der Waals surface area contributed by atoms with Gasteiger partial charge in [-0.2, -0.15) is 0 Å². The fraction of sp³-hybridized carbons (Fsp3) is 0.615. The van der Waals surface area contributed by atoms with E-state index in [0.29, 0.717) is 12.6 Å². The molecule has 0 saturated carbocycles. The van der Waals surface area contributed by atoms with E-state index in [1.807, 2.05) is 11.6 Å². The summed E-state index contributed by atoms with van der Waals surface area (Å²) in [5.74, 6) is 1.06. The Kier molecular flexibility index (Phi) is 3.72. The number of ether oxygens (including phenoxy) is 1. The normalized spacial score (nSPS) is 17.5. The van der Waals surface area contributed by atoms with Crippen molar-refractivity contribution in [2.75, 3.05) is 24.6 Å². The number of nitrogens with two attached hydrogens (primary N) is 1. The van der Waals surface area contributed by atoms with Gasteiger partial charge in [-0.3, -0.25) is 4.40 Å². The molecule has 0 unspecified atom stereocenters. The topological polar surface area (TPSA) is 55.8 Å². The molecule has 1 aliphatic rings. The number of fused-ring (bicyclic) bond motifs is 1. The summed E-state index contributed by atoms with van der Waals surface area (Å²) in [4.78, 5) is 8.10. The van der Waals surface area contributed by atoms with Gasteiger partial charge in [0.1, 0.15) is 0 Å². The molecule has 2 N–H and O–H groups in total. The summed E-state index contributed by atoms with van der Waals surface area (Å²) in [6.07, 6.45) is 4.60. The van der Waals surface area contributed by atoms with Crippen LogP contribution in [0.3, 0.4) is 0 Å². The Morgan fingerprint density at radius 3 is 2.95 bits per heavy atom. The maximum atomic E-state index is 5.89. The van der Waals surface area contributed by atoms with E-state index >= 15 is 0 Å². The van der Waals surface area contributed by atoms with E-state index in [1.165, 1.54) is 0 Å². The van der Waals surface area contributed by atoms with Crippen LogP contribution in [0.1, 0.15) is 25.5 Å². The highest BCUT2D eigenvalue weighted by atomic mass is 32.1. The van der Waals surface area contributed by atoms with Gasteiger partial charge in [0.25, 0.3) is 0 Å². The summed E-state index contributed by atoms with van der Waals surface area (Å²) in [7, 11) is 0. The molecule has 19 heavy (non-hydrogen) atoms. The Bertz CT molecular complexity index is 542. The number of anilines is 1. The number of hydrogen-bond donors (Lipinski definition) is 1. The van der Waals surface area contributed by atoms with Crippen molar-refractivity contribution >= 4 is 22.1 Å². The third kappa shape index (κ3) is 2.35. The van der Waals surface area contributed by atoms with Crippen LogP contribution in [0.5, 0.6) is 0 Å². The van der Waals surface area contributed by atoms with Crippen LogP contribution in [0.25, 0.3) is 4.96 Å². The first-order chi connectivity index (χ1) is 9.33. The molecule has 0 aromatic carbocycles. The maximum absolute atomic E-state index is 5.89. The Labute approximate surface area is 117 Å². The van der Waals surface area contributed by atoms with Gasteiger partial charge in [-0.1, -0.05) is 0 Å². The monoisotopic (exact) mass is 280 g/mol. The Morgan fingerprint density at radius 2 is 2.26 bits per heavy atom. The first-order valence-corrected chi connectivity index (χ1v) is 7.72.